The van der Waals surface area contributed by atoms with Gasteiger partial charge in [-0.2, -0.15) is 0 Å². The number of nitrogens with zero attached hydrogens (tertiary/aromatic N) is 1. The van der Waals surface area contributed by atoms with Crippen LogP contribution in [-0.4, -0.2) is 34.6 Å². The summed E-state index contributed by atoms with van der Waals surface area (Å²) in [7, 11) is 0. The third-order valence-electron chi connectivity index (χ3n) is 8.05. The molecule has 6 nitrogen and oxygen atoms in total. The van der Waals surface area contributed by atoms with E-state index in [0.717, 1.165) is 47.8 Å². The van der Waals surface area contributed by atoms with E-state index in [1.54, 1.807) is 0 Å². The lowest BCUT2D eigenvalue weighted by Crippen LogP contribution is -2.55. The van der Waals surface area contributed by atoms with Crippen LogP contribution in [0.15, 0.2) is 45.6 Å². The molecule has 1 saturated carbocycles. The lowest BCUT2D eigenvalue weighted by Gasteiger charge is -2.47. The molecular weight excluding hydrogens is 478 g/mol. The summed E-state index contributed by atoms with van der Waals surface area (Å²) in [5.74, 6) is 0.656. The molecule has 2 atom stereocenters. The monoisotopic (exact) mass is 509 g/mol. The number of aliphatic hydroxyl groups is 1. The standard InChI is InChI=1S/C29H32ClNO5/c1-18-23-9-10-25(35-17-20-6-5-8-22(30)14-20)19(2)27(23)36-28(33)24(18)15-26(32)31-13-12-29(34)11-4-3-7-21(29)16-31/h5-6,8-10,14,21,34H,3-4,7,11-13,15-17H2,1-2H3/t21-,29+/m1/s1. The van der Waals surface area contributed by atoms with Gasteiger partial charge in [0.1, 0.15) is 17.9 Å². The molecule has 190 valence electrons. The number of aryl methyl sites for hydroxylation is 2. The van der Waals surface area contributed by atoms with Crippen molar-refractivity contribution in [3.8, 4) is 5.75 Å². The number of benzene rings is 2. The Morgan fingerprint density at radius 2 is 2.03 bits per heavy atom. The Bertz CT molecular complexity index is 1370. The molecule has 0 spiro atoms. The molecule has 0 unspecified atom stereocenters. The quantitative estimate of drug-likeness (QED) is 0.470. The van der Waals surface area contributed by atoms with Gasteiger partial charge in [-0.3, -0.25) is 4.79 Å². The summed E-state index contributed by atoms with van der Waals surface area (Å²) in [6.07, 6.45) is 4.50. The molecule has 2 aliphatic rings. The fraction of sp³-hybridized carbons (Fsp3) is 0.448. The van der Waals surface area contributed by atoms with Gasteiger partial charge in [-0.25, -0.2) is 4.79 Å². The molecule has 0 bridgehead atoms. The minimum Gasteiger partial charge on any atom is -0.488 e. The number of rotatable bonds is 5. The molecule has 1 N–H and O–H groups in total. The van der Waals surface area contributed by atoms with E-state index in [1.165, 1.54) is 0 Å². The van der Waals surface area contributed by atoms with Crippen LogP contribution < -0.4 is 10.4 Å². The number of amides is 1. The largest absolute Gasteiger partial charge is 0.488 e. The Hall–Kier alpha value is -2.83. The normalized spacial score (nSPS) is 21.9. The Morgan fingerprint density at radius 3 is 2.83 bits per heavy atom. The fourth-order valence-corrected chi connectivity index (χ4v) is 5.99. The van der Waals surface area contributed by atoms with E-state index in [2.05, 4.69) is 0 Å². The van der Waals surface area contributed by atoms with E-state index in [1.807, 2.05) is 55.1 Å². The lowest BCUT2D eigenvalue weighted by atomic mass is 9.71. The summed E-state index contributed by atoms with van der Waals surface area (Å²) < 4.78 is 11.7. The second-order valence-electron chi connectivity index (χ2n) is 10.3. The van der Waals surface area contributed by atoms with Crippen molar-refractivity contribution < 1.29 is 19.1 Å². The predicted molar refractivity (Wildman–Crippen MR) is 140 cm³/mol. The molecule has 0 radical (unpaired) electrons. The van der Waals surface area contributed by atoms with Crippen molar-refractivity contribution in [1.82, 2.24) is 4.90 Å². The zero-order valence-corrected chi connectivity index (χ0v) is 21.6. The molecule has 7 heteroatoms. The highest BCUT2D eigenvalue weighted by Crippen LogP contribution is 2.40. The number of carbonyl (C=O) groups is 1. The van der Waals surface area contributed by atoms with Gasteiger partial charge in [0.25, 0.3) is 0 Å². The Balaban J connectivity index is 1.35. The molecule has 36 heavy (non-hydrogen) atoms. The summed E-state index contributed by atoms with van der Waals surface area (Å²) in [6, 6.07) is 11.2. The molecule has 3 aromatic rings. The van der Waals surface area contributed by atoms with Crippen molar-refractivity contribution >= 4 is 28.5 Å². The molecule has 1 aliphatic carbocycles. The number of likely N-dealkylation sites (tertiary alicyclic amines) is 1. The number of hydrogen-bond donors (Lipinski definition) is 1. The number of hydrogen-bond acceptors (Lipinski definition) is 5. The van der Waals surface area contributed by atoms with Crippen molar-refractivity contribution in [2.75, 3.05) is 13.1 Å². The van der Waals surface area contributed by atoms with Crippen LogP contribution >= 0.6 is 11.6 Å². The van der Waals surface area contributed by atoms with Gasteiger partial charge in [0.2, 0.25) is 5.91 Å². The van der Waals surface area contributed by atoms with Crippen LogP contribution in [-0.2, 0) is 17.8 Å². The topological polar surface area (TPSA) is 80.0 Å². The van der Waals surface area contributed by atoms with E-state index < -0.39 is 11.2 Å². The first-order valence-electron chi connectivity index (χ1n) is 12.7. The number of halogens is 1. The first kappa shape index (κ1) is 24.8. The van der Waals surface area contributed by atoms with E-state index in [0.29, 0.717) is 48.0 Å². The van der Waals surface area contributed by atoms with Gasteiger partial charge < -0.3 is 19.2 Å². The molecule has 1 aliphatic heterocycles. The number of carbonyl (C=O) groups excluding carboxylic acids is 1. The summed E-state index contributed by atoms with van der Waals surface area (Å²) in [4.78, 5) is 28.0. The smallest absolute Gasteiger partial charge is 0.340 e. The van der Waals surface area contributed by atoms with Crippen LogP contribution in [0, 0.1) is 19.8 Å². The van der Waals surface area contributed by atoms with Crippen molar-refractivity contribution in [2.24, 2.45) is 5.92 Å². The van der Waals surface area contributed by atoms with Gasteiger partial charge in [-0.1, -0.05) is 36.6 Å². The van der Waals surface area contributed by atoms with Crippen molar-refractivity contribution in [3.63, 3.8) is 0 Å². The second kappa shape index (κ2) is 9.91. The molecule has 5 rings (SSSR count). The maximum atomic E-state index is 13.2. The third-order valence-corrected chi connectivity index (χ3v) is 8.28. The third kappa shape index (κ3) is 4.76. The van der Waals surface area contributed by atoms with Gasteiger partial charge in [0.15, 0.2) is 0 Å². The molecule has 1 amide bonds. The lowest BCUT2D eigenvalue weighted by molar-refractivity contribution is -0.142. The molecule has 2 heterocycles. The zero-order valence-electron chi connectivity index (χ0n) is 20.8. The summed E-state index contributed by atoms with van der Waals surface area (Å²) in [5.41, 5.74) is 2.17. The van der Waals surface area contributed by atoms with Gasteiger partial charge in [-0.05, 0) is 68.5 Å². The van der Waals surface area contributed by atoms with Crippen LogP contribution in [0.1, 0.15) is 54.4 Å². The van der Waals surface area contributed by atoms with Gasteiger partial charge in [0.05, 0.1) is 17.6 Å². The van der Waals surface area contributed by atoms with E-state index in [-0.39, 0.29) is 18.2 Å². The summed E-state index contributed by atoms with van der Waals surface area (Å²) >= 11 is 6.06. The van der Waals surface area contributed by atoms with Crippen LogP contribution in [0.25, 0.3) is 11.0 Å². The van der Waals surface area contributed by atoms with E-state index >= 15 is 0 Å². The highest BCUT2D eigenvalue weighted by atomic mass is 35.5. The first-order valence-corrected chi connectivity index (χ1v) is 13.1. The minimum atomic E-state index is -0.642. The minimum absolute atomic E-state index is 0.00131. The Labute approximate surface area is 215 Å². The molecular formula is C29H32ClNO5. The van der Waals surface area contributed by atoms with Crippen LogP contribution in [0.4, 0.5) is 0 Å². The fourth-order valence-electron chi connectivity index (χ4n) is 5.78. The number of ether oxygens (including phenoxy) is 1. The summed E-state index contributed by atoms with van der Waals surface area (Å²) in [6.45, 7) is 5.15. The maximum Gasteiger partial charge on any atom is 0.340 e. The SMILES string of the molecule is Cc1c(CC(=O)N2CC[C@@]3(O)CCCC[C@@H]3C2)c(=O)oc2c(C)c(OCc3cccc(Cl)c3)ccc12. The maximum absolute atomic E-state index is 13.2. The van der Waals surface area contributed by atoms with Gasteiger partial charge >= 0.3 is 5.63 Å². The van der Waals surface area contributed by atoms with Crippen molar-refractivity contribution in [1.29, 1.82) is 0 Å². The molecule has 2 fully saturated rings. The van der Waals surface area contributed by atoms with E-state index in [9.17, 15) is 14.7 Å². The number of fused-ring (bicyclic) bond motifs is 2. The Morgan fingerprint density at radius 1 is 1.19 bits per heavy atom. The highest BCUT2D eigenvalue weighted by molar-refractivity contribution is 6.30. The van der Waals surface area contributed by atoms with Gasteiger partial charge in [-0.15, -0.1) is 0 Å². The number of piperidine rings is 1. The first-order chi connectivity index (χ1) is 17.2. The van der Waals surface area contributed by atoms with Crippen molar-refractivity contribution in [2.45, 2.75) is 64.6 Å². The average molecular weight is 510 g/mol. The molecule has 1 saturated heterocycles. The second-order valence-corrected chi connectivity index (χ2v) is 10.7. The van der Waals surface area contributed by atoms with Gasteiger partial charge in [0, 0.05) is 35.0 Å². The average Bonchev–Trinajstić information content (AvgIpc) is 2.86. The van der Waals surface area contributed by atoms with Crippen molar-refractivity contribution in [3.05, 3.63) is 74.1 Å². The Kier molecular flexibility index (Phi) is 6.84. The molecule has 1 aromatic heterocycles. The molecule has 2 aromatic carbocycles. The highest BCUT2D eigenvalue weighted by Gasteiger charge is 2.43. The predicted octanol–water partition coefficient (Wildman–Crippen LogP) is 5.34. The van der Waals surface area contributed by atoms with E-state index in [4.69, 9.17) is 20.8 Å². The van der Waals surface area contributed by atoms with Crippen LogP contribution in [0.5, 0.6) is 5.75 Å². The van der Waals surface area contributed by atoms with Crippen LogP contribution in [0.3, 0.4) is 0 Å². The summed E-state index contributed by atoms with van der Waals surface area (Å²) in [5, 5.41) is 12.4. The van der Waals surface area contributed by atoms with Crippen LogP contribution in [0.2, 0.25) is 5.02 Å². The zero-order chi connectivity index (χ0) is 25.4.